The molecule has 4 heteroatoms. The van der Waals surface area contributed by atoms with Crippen LogP contribution in [-0.4, -0.2) is 9.78 Å². The molecule has 1 heterocycles. The van der Waals surface area contributed by atoms with E-state index in [-0.39, 0.29) is 5.69 Å². The van der Waals surface area contributed by atoms with Gasteiger partial charge in [-0.2, -0.15) is 9.49 Å². The summed E-state index contributed by atoms with van der Waals surface area (Å²) in [6.45, 7) is 4.57. The van der Waals surface area contributed by atoms with Gasteiger partial charge in [0.1, 0.15) is 5.69 Å². The molecule has 0 fully saturated rings. The third-order valence-corrected chi connectivity index (χ3v) is 1.34. The maximum Gasteiger partial charge on any atom is 0.234 e. The first-order valence-electron chi connectivity index (χ1n) is 3.58. The lowest BCUT2D eigenvalue weighted by Gasteiger charge is -2.04. The molecule has 11 heavy (non-hydrogen) atoms. The largest absolute Gasteiger partial charge is 0.394 e. The van der Waals surface area contributed by atoms with E-state index in [2.05, 4.69) is 5.10 Å². The Morgan fingerprint density at radius 3 is 2.73 bits per heavy atom. The maximum atomic E-state index is 12.9. The van der Waals surface area contributed by atoms with Gasteiger partial charge in [-0.1, -0.05) is 13.8 Å². The van der Waals surface area contributed by atoms with Crippen LogP contribution in [0, 0.1) is 11.9 Å². The molecule has 1 aromatic rings. The van der Waals surface area contributed by atoms with Crippen molar-refractivity contribution in [1.82, 2.24) is 9.78 Å². The zero-order valence-electron chi connectivity index (χ0n) is 6.71. The van der Waals surface area contributed by atoms with Crippen LogP contribution in [0.25, 0.3) is 0 Å². The quantitative estimate of drug-likeness (QED) is 0.702. The Hall–Kier alpha value is -1.06. The molecule has 0 unspecified atom stereocenters. The standard InChI is InChI=1S/C7H12FN3/c1-5(2)4-11-7(8)6(9)3-10-11/h3,5H,4,9H2,1-2H3. The predicted molar refractivity (Wildman–Crippen MR) is 41.4 cm³/mol. The minimum absolute atomic E-state index is 0.116. The maximum absolute atomic E-state index is 12.9. The van der Waals surface area contributed by atoms with Crippen LogP contribution in [0.1, 0.15) is 13.8 Å². The number of anilines is 1. The van der Waals surface area contributed by atoms with Gasteiger partial charge < -0.3 is 5.73 Å². The number of hydrogen-bond donors (Lipinski definition) is 1. The zero-order valence-corrected chi connectivity index (χ0v) is 6.71. The first-order valence-corrected chi connectivity index (χ1v) is 3.58. The molecule has 0 aromatic carbocycles. The predicted octanol–water partition coefficient (Wildman–Crippen LogP) is 1.26. The van der Waals surface area contributed by atoms with Gasteiger partial charge in [-0.25, -0.2) is 4.68 Å². The monoisotopic (exact) mass is 157 g/mol. The number of nitrogen functional groups attached to an aromatic ring is 1. The van der Waals surface area contributed by atoms with Crippen LogP contribution in [0.4, 0.5) is 10.1 Å². The second kappa shape index (κ2) is 2.90. The summed E-state index contributed by atoms with van der Waals surface area (Å²) in [5.74, 6) is -0.0532. The molecule has 0 bridgehead atoms. The van der Waals surface area contributed by atoms with Gasteiger partial charge in [0.05, 0.1) is 6.20 Å². The van der Waals surface area contributed by atoms with Crippen molar-refractivity contribution in [3.05, 3.63) is 12.1 Å². The average molecular weight is 157 g/mol. The summed E-state index contributed by atoms with van der Waals surface area (Å²) in [5, 5.41) is 3.77. The number of hydrogen-bond acceptors (Lipinski definition) is 2. The van der Waals surface area contributed by atoms with E-state index in [4.69, 9.17) is 5.73 Å². The van der Waals surface area contributed by atoms with Gasteiger partial charge in [0, 0.05) is 6.54 Å². The van der Waals surface area contributed by atoms with E-state index in [1.807, 2.05) is 13.8 Å². The Morgan fingerprint density at radius 2 is 2.36 bits per heavy atom. The van der Waals surface area contributed by atoms with Crippen LogP contribution in [0.5, 0.6) is 0 Å². The lowest BCUT2D eigenvalue weighted by molar-refractivity contribution is 0.404. The summed E-state index contributed by atoms with van der Waals surface area (Å²) in [6.07, 6.45) is 1.33. The summed E-state index contributed by atoms with van der Waals surface area (Å²) in [7, 11) is 0. The minimum atomic E-state index is -0.432. The molecular weight excluding hydrogens is 145 g/mol. The molecule has 0 aliphatic carbocycles. The fourth-order valence-corrected chi connectivity index (χ4v) is 0.858. The van der Waals surface area contributed by atoms with Crippen molar-refractivity contribution < 1.29 is 4.39 Å². The van der Waals surface area contributed by atoms with Crippen LogP contribution in [-0.2, 0) is 6.54 Å². The summed E-state index contributed by atoms with van der Waals surface area (Å²) in [6, 6.07) is 0. The third-order valence-electron chi connectivity index (χ3n) is 1.34. The molecule has 0 aliphatic rings. The Kier molecular flexibility index (Phi) is 2.12. The van der Waals surface area contributed by atoms with Crippen LogP contribution >= 0.6 is 0 Å². The summed E-state index contributed by atoms with van der Waals surface area (Å²) in [5.41, 5.74) is 5.37. The molecule has 2 N–H and O–H groups in total. The van der Waals surface area contributed by atoms with E-state index < -0.39 is 5.95 Å². The van der Waals surface area contributed by atoms with Gasteiger partial charge in [-0.05, 0) is 5.92 Å². The van der Waals surface area contributed by atoms with Gasteiger partial charge in [0.15, 0.2) is 0 Å². The van der Waals surface area contributed by atoms with E-state index in [0.29, 0.717) is 12.5 Å². The molecule has 0 spiro atoms. The van der Waals surface area contributed by atoms with Crippen molar-refractivity contribution in [3.63, 3.8) is 0 Å². The molecule has 0 aliphatic heterocycles. The summed E-state index contributed by atoms with van der Waals surface area (Å²) < 4.78 is 14.2. The van der Waals surface area contributed by atoms with Crippen molar-refractivity contribution in [2.75, 3.05) is 5.73 Å². The second-order valence-corrected chi connectivity index (χ2v) is 2.97. The van der Waals surface area contributed by atoms with Crippen LogP contribution < -0.4 is 5.73 Å². The highest BCUT2D eigenvalue weighted by Gasteiger charge is 2.07. The fourth-order valence-electron chi connectivity index (χ4n) is 0.858. The van der Waals surface area contributed by atoms with E-state index in [1.54, 1.807) is 0 Å². The smallest absolute Gasteiger partial charge is 0.234 e. The SMILES string of the molecule is CC(C)Cn1ncc(N)c1F. The van der Waals surface area contributed by atoms with E-state index in [1.165, 1.54) is 10.9 Å². The van der Waals surface area contributed by atoms with Gasteiger partial charge in [0.2, 0.25) is 5.95 Å². The van der Waals surface area contributed by atoms with Crippen molar-refractivity contribution in [1.29, 1.82) is 0 Å². The number of aromatic nitrogens is 2. The Labute approximate surface area is 65.0 Å². The van der Waals surface area contributed by atoms with Crippen LogP contribution in [0.2, 0.25) is 0 Å². The van der Waals surface area contributed by atoms with Crippen molar-refractivity contribution >= 4 is 5.69 Å². The van der Waals surface area contributed by atoms with E-state index >= 15 is 0 Å². The van der Waals surface area contributed by atoms with Crippen molar-refractivity contribution in [2.24, 2.45) is 5.92 Å². The lowest BCUT2D eigenvalue weighted by Crippen LogP contribution is -2.08. The van der Waals surface area contributed by atoms with Crippen LogP contribution in [0.3, 0.4) is 0 Å². The molecule has 62 valence electrons. The molecule has 0 radical (unpaired) electrons. The Balaban J connectivity index is 2.79. The van der Waals surface area contributed by atoms with Crippen LogP contribution in [0.15, 0.2) is 6.20 Å². The molecule has 1 aromatic heterocycles. The molecule has 0 saturated heterocycles. The van der Waals surface area contributed by atoms with Gasteiger partial charge in [-0.3, -0.25) is 0 Å². The minimum Gasteiger partial charge on any atom is -0.394 e. The van der Waals surface area contributed by atoms with Crippen molar-refractivity contribution in [3.8, 4) is 0 Å². The highest BCUT2D eigenvalue weighted by molar-refractivity contribution is 5.32. The molecular formula is C7H12FN3. The number of halogens is 1. The van der Waals surface area contributed by atoms with E-state index in [0.717, 1.165) is 0 Å². The lowest BCUT2D eigenvalue weighted by atomic mass is 10.2. The second-order valence-electron chi connectivity index (χ2n) is 2.97. The number of rotatable bonds is 2. The summed E-state index contributed by atoms with van der Waals surface area (Å²) >= 11 is 0. The fraction of sp³-hybridized carbons (Fsp3) is 0.571. The highest BCUT2D eigenvalue weighted by atomic mass is 19.1. The first kappa shape index (κ1) is 8.04. The molecule has 3 nitrogen and oxygen atoms in total. The normalized spacial score (nSPS) is 10.9. The first-order chi connectivity index (χ1) is 5.11. The topological polar surface area (TPSA) is 43.8 Å². The van der Waals surface area contributed by atoms with Crippen molar-refractivity contribution in [2.45, 2.75) is 20.4 Å². The molecule has 0 saturated carbocycles. The third kappa shape index (κ3) is 1.69. The molecule has 0 atom stereocenters. The molecule has 0 amide bonds. The Bertz CT molecular complexity index is 242. The summed E-state index contributed by atoms with van der Waals surface area (Å²) in [4.78, 5) is 0. The van der Waals surface area contributed by atoms with Gasteiger partial charge >= 0.3 is 0 Å². The molecule has 1 rings (SSSR count). The highest BCUT2D eigenvalue weighted by Crippen LogP contribution is 2.09. The number of nitrogens with zero attached hydrogens (tertiary/aromatic N) is 2. The number of nitrogens with two attached hydrogens (primary N) is 1. The van der Waals surface area contributed by atoms with E-state index in [9.17, 15) is 4.39 Å². The van der Waals surface area contributed by atoms with Gasteiger partial charge in [0.25, 0.3) is 0 Å². The van der Waals surface area contributed by atoms with Gasteiger partial charge in [-0.15, -0.1) is 0 Å². The average Bonchev–Trinajstić information content (AvgIpc) is 2.18. The zero-order chi connectivity index (χ0) is 8.43. The Morgan fingerprint density at radius 1 is 1.73 bits per heavy atom.